The molecule has 0 spiro atoms. The van der Waals surface area contributed by atoms with Crippen LogP contribution in [0.15, 0.2) is 72.8 Å². The molecule has 0 aliphatic carbocycles. The van der Waals surface area contributed by atoms with Crippen LogP contribution >= 0.6 is 22.6 Å². The number of rotatable bonds is 4. The molecule has 0 aliphatic heterocycles. The molecule has 124 valence electrons. The van der Waals surface area contributed by atoms with Gasteiger partial charge in [-0.3, -0.25) is 4.79 Å². The van der Waals surface area contributed by atoms with E-state index in [1.807, 2.05) is 24.3 Å². The molecule has 0 bridgehead atoms. The molecule has 0 heterocycles. The first-order chi connectivity index (χ1) is 12.1. The van der Waals surface area contributed by atoms with E-state index in [0.29, 0.717) is 16.7 Å². The molecule has 0 radical (unpaired) electrons. The Balaban J connectivity index is 2.04. The Morgan fingerprint density at radius 1 is 0.760 bits per heavy atom. The Hall–Kier alpha value is -2.67. The minimum atomic E-state index is -1.02. The molecule has 4 nitrogen and oxygen atoms in total. The van der Waals surface area contributed by atoms with Crippen molar-refractivity contribution in [2.24, 2.45) is 0 Å². The normalized spacial score (nSPS) is 10.3. The first kappa shape index (κ1) is 17.2. The van der Waals surface area contributed by atoms with Gasteiger partial charge >= 0.3 is 5.97 Å². The third-order valence-electron chi connectivity index (χ3n) is 3.74. The molecule has 3 aromatic rings. The van der Waals surface area contributed by atoms with Crippen molar-refractivity contribution in [2.75, 3.05) is 5.32 Å². The topological polar surface area (TPSA) is 66.4 Å². The number of benzene rings is 3. The van der Waals surface area contributed by atoms with Gasteiger partial charge in [0.2, 0.25) is 0 Å². The van der Waals surface area contributed by atoms with Crippen LogP contribution in [0.1, 0.15) is 20.7 Å². The first-order valence-electron chi connectivity index (χ1n) is 7.55. The van der Waals surface area contributed by atoms with Crippen molar-refractivity contribution >= 4 is 40.2 Å². The van der Waals surface area contributed by atoms with Gasteiger partial charge in [-0.15, -0.1) is 0 Å². The van der Waals surface area contributed by atoms with Gasteiger partial charge in [0.05, 0.1) is 11.3 Å². The molecule has 5 heteroatoms. The summed E-state index contributed by atoms with van der Waals surface area (Å²) in [5, 5.41) is 12.3. The van der Waals surface area contributed by atoms with Crippen LogP contribution in [0.2, 0.25) is 0 Å². The minimum absolute atomic E-state index is 0.164. The highest BCUT2D eigenvalue weighted by Crippen LogP contribution is 2.28. The highest BCUT2D eigenvalue weighted by molar-refractivity contribution is 14.1. The fraction of sp³-hybridized carbons (Fsp3) is 0. The largest absolute Gasteiger partial charge is 0.478 e. The Morgan fingerprint density at radius 2 is 1.28 bits per heavy atom. The Labute approximate surface area is 158 Å². The van der Waals surface area contributed by atoms with E-state index >= 15 is 0 Å². The zero-order chi connectivity index (χ0) is 17.8. The zero-order valence-electron chi connectivity index (χ0n) is 13.1. The van der Waals surface area contributed by atoms with Crippen LogP contribution in [0.5, 0.6) is 0 Å². The Morgan fingerprint density at radius 3 is 1.92 bits per heavy atom. The second kappa shape index (κ2) is 7.48. The fourth-order valence-corrected chi connectivity index (χ4v) is 3.09. The van der Waals surface area contributed by atoms with Crippen molar-refractivity contribution in [3.05, 3.63) is 87.5 Å². The molecule has 0 fully saturated rings. The third-order valence-corrected chi connectivity index (χ3v) is 4.68. The van der Waals surface area contributed by atoms with Crippen molar-refractivity contribution in [1.29, 1.82) is 0 Å². The number of carbonyl (C=O) groups excluding carboxylic acids is 1. The van der Waals surface area contributed by atoms with E-state index in [1.165, 1.54) is 6.07 Å². The van der Waals surface area contributed by atoms with E-state index < -0.39 is 5.97 Å². The summed E-state index contributed by atoms with van der Waals surface area (Å²) in [7, 11) is 0. The van der Waals surface area contributed by atoms with E-state index in [2.05, 4.69) is 27.9 Å². The molecule has 0 saturated carbocycles. The van der Waals surface area contributed by atoms with Crippen molar-refractivity contribution in [3.63, 3.8) is 0 Å². The van der Waals surface area contributed by atoms with E-state index in [-0.39, 0.29) is 11.5 Å². The maximum Gasteiger partial charge on any atom is 0.336 e. The molecule has 2 N–H and O–H groups in total. The maximum absolute atomic E-state index is 12.8. The van der Waals surface area contributed by atoms with Gasteiger partial charge in [-0.2, -0.15) is 0 Å². The number of nitrogens with one attached hydrogen (secondary N) is 1. The van der Waals surface area contributed by atoms with Gasteiger partial charge in [-0.1, -0.05) is 48.5 Å². The van der Waals surface area contributed by atoms with E-state index in [9.17, 15) is 14.7 Å². The van der Waals surface area contributed by atoms with Crippen molar-refractivity contribution in [2.45, 2.75) is 0 Å². The summed E-state index contributed by atoms with van der Waals surface area (Å²) >= 11 is 2.15. The fourth-order valence-electron chi connectivity index (χ4n) is 2.57. The molecule has 3 aromatic carbocycles. The van der Waals surface area contributed by atoms with Crippen LogP contribution in [-0.2, 0) is 0 Å². The van der Waals surface area contributed by atoms with Gasteiger partial charge in [0.25, 0.3) is 5.91 Å². The van der Waals surface area contributed by atoms with Gasteiger partial charge in [-0.25, -0.2) is 4.79 Å². The number of hydrogen-bond donors (Lipinski definition) is 2. The summed E-state index contributed by atoms with van der Waals surface area (Å²) < 4.78 is 0.928. The second-order valence-electron chi connectivity index (χ2n) is 5.33. The smallest absolute Gasteiger partial charge is 0.336 e. The van der Waals surface area contributed by atoms with Crippen LogP contribution < -0.4 is 5.32 Å². The number of carboxylic acid groups (broad SMARTS) is 1. The predicted molar refractivity (Wildman–Crippen MR) is 106 cm³/mol. The molecule has 3 rings (SSSR count). The minimum Gasteiger partial charge on any atom is -0.478 e. The number of hydrogen-bond acceptors (Lipinski definition) is 2. The molecule has 1 amide bonds. The summed E-state index contributed by atoms with van der Waals surface area (Å²) in [4.78, 5) is 24.3. The molecule has 0 unspecified atom stereocenters. The van der Waals surface area contributed by atoms with E-state index in [0.717, 1.165) is 9.26 Å². The van der Waals surface area contributed by atoms with Gasteiger partial charge < -0.3 is 10.4 Å². The number of halogens is 1. The summed E-state index contributed by atoms with van der Waals surface area (Å²) in [6.45, 7) is 0. The Kier molecular flexibility index (Phi) is 5.14. The standard InChI is InChI=1S/C20H14INO3/c21-17-11-5-6-12-18(17)22-19(23)15-9-3-1-7-13(15)14-8-2-4-10-16(14)20(24)25/h1-12H,(H,22,23)(H,24,25). The average Bonchev–Trinajstić information content (AvgIpc) is 2.63. The number of aromatic carboxylic acids is 1. The summed E-state index contributed by atoms with van der Waals surface area (Å²) in [6, 6.07) is 21.2. The maximum atomic E-state index is 12.8. The van der Waals surface area contributed by atoms with E-state index in [4.69, 9.17) is 0 Å². The SMILES string of the molecule is O=C(O)c1ccccc1-c1ccccc1C(=O)Nc1ccccc1I. The Bertz CT molecular complexity index is 953. The highest BCUT2D eigenvalue weighted by Gasteiger charge is 2.17. The lowest BCUT2D eigenvalue weighted by Crippen LogP contribution is -2.14. The summed E-state index contributed by atoms with van der Waals surface area (Å²) in [5.74, 6) is -1.30. The molecule has 25 heavy (non-hydrogen) atoms. The van der Waals surface area contributed by atoms with Crippen LogP contribution in [0.3, 0.4) is 0 Å². The average molecular weight is 443 g/mol. The number of para-hydroxylation sites is 1. The highest BCUT2D eigenvalue weighted by atomic mass is 127. The van der Waals surface area contributed by atoms with Crippen molar-refractivity contribution < 1.29 is 14.7 Å². The molecule has 0 aromatic heterocycles. The lowest BCUT2D eigenvalue weighted by atomic mass is 9.95. The second-order valence-corrected chi connectivity index (χ2v) is 6.49. The third kappa shape index (κ3) is 3.71. The number of carboxylic acids is 1. The molecular formula is C20H14INO3. The monoisotopic (exact) mass is 443 g/mol. The summed E-state index contributed by atoms with van der Waals surface area (Å²) in [5.41, 5.74) is 2.41. The van der Waals surface area contributed by atoms with Gasteiger partial charge in [0, 0.05) is 9.13 Å². The van der Waals surface area contributed by atoms with Crippen molar-refractivity contribution in [3.8, 4) is 11.1 Å². The molecular weight excluding hydrogens is 429 g/mol. The number of amides is 1. The van der Waals surface area contributed by atoms with Crippen LogP contribution in [0.4, 0.5) is 5.69 Å². The summed E-state index contributed by atoms with van der Waals surface area (Å²) in [6.07, 6.45) is 0. The van der Waals surface area contributed by atoms with E-state index in [1.54, 1.807) is 42.5 Å². The van der Waals surface area contributed by atoms with Crippen LogP contribution in [0.25, 0.3) is 11.1 Å². The molecule has 0 saturated heterocycles. The molecule has 0 atom stereocenters. The van der Waals surface area contributed by atoms with Crippen LogP contribution in [-0.4, -0.2) is 17.0 Å². The zero-order valence-corrected chi connectivity index (χ0v) is 15.2. The molecule has 0 aliphatic rings. The predicted octanol–water partition coefficient (Wildman–Crippen LogP) is 4.91. The van der Waals surface area contributed by atoms with Gasteiger partial charge in [0.1, 0.15) is 0 Å². The van der Waals surface area contributed by atoms with Gasteiger partial charge in [0.15, 0.2) is 0 Å². The van der Waals surface area contributed by atoms with Crippen molar-refractivity contribution in [1.82, 2.24) is 0 Å². The lowest BCUT2D eigenvalue weighted by Gasteiger charge is -2.13. The van der Waals surface area contributed by atoms with Crippen LogP contribution in [0, 0.1) is 3.57 Å². The quantitative estimate of drug-likeness (QED) is 0.564. The first-order valence-corrected chi connectivity index (χ1v) is 8.63. The number of carbonyl (C=O) groups is 2. The van der Waals surface area contributed by atoms with Gasteiger partial charge in [-0.05, 0) is 58.0 Å². The lowest BCUT2D eigenvalue weighted by molar-refractivity contribution is 0.0697. The number of anilines is 1.